The molecule has 0 aliphatic carbocycles. The summed E-state index contributed by atoms with van der Waals surface area (Å²) in [6.07, 6.45) is 0.901. The average Bonchev–Trinajstić information content (AvgIpc) is 2.78. The maximum atomic E-state index is 6.03. The normalized spacial score (nSPS) is 10.6. The van der Waals surface area contributed by atoms with Crippen LogP contribution in [0.4, 0.5) is 0 Å². The fraction of sp³-hybridized carbons (Fsp3) is 0.280. The number of methoxy groups -OCH3 is 1. The molecule has 1 N–H and O–H groups in total. The molecule has 0 bridgehead atoms. The molecule has 3 rings (SSSR count). The standard InChI is InChI=1S/C25H28BrNO3/c1-3-29-24-15-21(17-27-14-13-20-11-7-8-12-23(20)28-2)22(26)16-25(24)30-18-19-9-5-4-6-10-19/h4-12,15-16,27H,3,13-14,17-18H2,1-2H3. The molecule has 30 heavy (non-hydrogen) atoms. The summed E-state index contributed by atoms with van der Waals surface area (Å²) < 4.78 is 18.3. The van der Waals surface area contributed by atoms with Crippen LogP contribution < -0.4 is 19.5 Å². The highest BCUT2D eigenvalue weighted by Crippen LogP contribution is 2.34. The lowest BCUT2D eigenvalue weighted by Crippen LogP contribution is -2.17. The third kappa shape index (κ3) is 6.25. The molecular formula is C25H28BrNO3. The van der Waals surface area contributed by atoms with E-state index in [1.807, 2.05) is 55.5 Å². The van der Waals surface area contributed by atoms with Gasteiger partial charge in [-0.2, -0.15) is 0 Å². The summed E-state index contributed by atoms with van der Waals surface area (Å²) in [5, 5.41) is 3.51. The van der Waals surface area contributed by atoms with E-state index in [1.54, 1.807) is 7.11 Å². The van der Waals surface area contributed by atoms with Gasteiger partial charge in [-0.15, -0.1) is 0 Å². The number of nitrogens with one attached hydrogen (secondary N) is 1. The molecule has 0 amide bonds. The van der Waals surface area contributed by atoms with Gasteiger partial charge in [0.15, 0.2) is 11.5 Å². The highest BCUT2D eigenvalue weighted by Gasteiger charge is 2.11. The van der Waals surface area contributed by atoms with E-state index in [1.165, 1.54) is 5.56 Å². The van der Waals surface area contributed by atoms with Crippen molar-refractivity contribution in [3.8, 4) is 17.2 Å². The summed E-state index contributed by atoms with van der Waals surface area (Å²) in [7, 11) is 1.71. The van der Waals surface area contributed by atoms with E-state index in [2.05, 4.69) is 39.4 Å². The summed E-state index contributed by atoms with van der Waals surface area (Å²) in [6, 6.07) is 22.3. The molecule has 0 saturated carbocycles. The largest absolute Gasteiger partial charge is 0.496 e. The van der Waals surface area contributed by atoms with Gasteiger partial charge in [-0.1, -0.05) is 64.5 Å². The Bertz CT molecular complexity index is 931. The van der Waals surface area contributed by atoms with Gasteiger partial charge >= 0.3 is 0 Å². The van der Waals surface area contributed by atoms with Gasteiger partial charge in [-0.3, -0.25) is 0 Å². The van der Waals surface area contributed by atoms with E-state index in [0.29, 0.717) is 13.2 Å². The van der Waals surface area contributed by atoms with Crippen LogP contribution in [0.5, 0.6) is 17.2 Å². The van der Waals surface area contributed by atoms with Crippen LogP contribution in [0, 0.1) is 0 Å². The first-order chi connectivity index (χ1) is 14.7. The van der Waals surface area contributed by atoms with Gasteiger partial charge in [0, 0.05) is 11.0 Å². The zero-order valence-electron chi connectivity index (χ0n) is 17.5. The van der Waals surface area contributed by atoms with Crippen LogP contribution in [-0.2, 0) is 19.6 Å². The molecular weight excluding hydrogens is 442 g/mol. The predicted molar refractivity (Wildman–Crippen MR) is 124 cm³/mol. The molecule has 0 aromatic heterocycles. The summed E-state index contributed by atoms with van der Waals surface area (Å²) in [4.78, 5) is 0. The van der Waals surface area contributed by atoms with Gasteiger partial charge in [0.2, 0.25) is 0 Å². The second-order valence-corrected chi connectivity index (χ2v) is 7.69. The van der Waals surface area contributed by atoms with Gasteiger partial charge < -0.3 is 19.5 Å². The summed E-state index contributed by atoms with van der Waals surface area (Å²) in [6.45, 7) is 4.65. The third-order valence-electron chi connectivity index (χ3n) is 4.73. The predicted octanol–water partition coefficient (Wildman–Crippen LogP) is 5.77. The maximum absolute atomic E-state index is 6.03. The molecule has 5 heteroatoms. The highest BCUT2D eigenvalue weighted by molar-refractivity contribution is 9.10. The Morgan fingerprint density at radius 3 is 2.33 bits per heavy atom. The minimum Gasteiger partial charge on any atom is -0.496 e. The monoisotopic (exact) mass is 469 g/mol. The van der Waals surface area contributed by atoms with Crippen LogP contribution in [0.3, 0.4) is 0 Å². The molecule has 0 saturated heterocycles. The zero-order valence-corrected chi connectivity index (χ0v) is 19.1. The van der Waals surface area contributed by atoms with Crippen molar-refractivity contribution in [2.45, 2.75) is 26.5 Å². The lowest BCUT2D eigenvalue weighted by atomic mass is 10.1. The lowest BCUT2D eigenvalue weighted by Gasteiger charge is -2.16. The Balaban J connectivity index is 1.61. The first kappa shape index (κ1) is 22.2. The van der Waals surface area contributed by atoms with Gasteiger partial charge in [0.05, 0.1) is 13.7 Å². The van der Waals surface area contributed by atoms with E-state index in [0.717, 1.165) is 52.4 Å². The Labute approximate surface area is 187 Å². The van der Waals surface area contributed by atoms with Crippen LogP contribution in [0.2, 0.25) is 0 Å². The molecule has 0 radical (unpaired) electrons. The molecule has 0 aliphatic heterocycles. The van der Waals surface area contributed by atoms with E-state index in [-0.39, 0.29) is 0 Å². The molecule has 4 nitrogen and oxygen atoms in total. The van der Waals surface area contributed by atoms with Crippen molar-refractivity contribution in [1.29, 1.82) is 0 Å². The van der Waals surface area contributed by atoms with E-state index in [9.17, 15) is 0 Å². The molecule has 0 spiro atoms. The van der Waals surface area contributed by atoms with Crippen LogP contribution >= 0.6 is 15.9 Å². The summed E-state index contributed by atoms with van der Waals surface area (Å²) in [5.74, 6) is 2.43. The molecule has 0 unspecified atom stereocenters. The molecule has 158 valence electrons. The topological polar surface area (TPSA) is 39.7 Å². The third-order valence-corrected chi connectivity index (χ3v) is 5.47. The number of hydrogen-bond acceptors (Lipinski definition) is 4. The fourth-order valence-electron chi connectivity index (χ4n) is 3.18. The summed E-state index contributed by atoms with van der Waals surface area (Å²) >= 11 is 3.68. The Morgan fingerprint density at radius 1 is 0.833 bits per heavy atom. The summed E-state index contributed by atoms with van der Waals surface area (Å²) in [5.41, 5.74) is 3.45. The lowest BCUT2D eigenvalue weighted by molar-refractivity contribution is 0.269. The quantitative estimate of drug-likeness (QED) is 0.362. The van der Waals surface area contributed by atoms with Crippen molar-refractivity contribution in [2.75, 3.05) is 20.3 Å². The molecule has 0 atom stereocenters. The number of rotatable bonds is 11. The van der Waals surface area contributed by atoms with Gasteiger partial charge in [-0.05, 0) is 54.8 Å². The number of ether oxygens (including phenoxy) is 3. The Morgan fingerprint density at radius 2 is 1.57 bits per heavy atom. The van der Waals surface area contributed by atoms with Crippen molar-refractivity contribution in [1.82, 2.24) is 5.32 Å². The number of benzene rings is 3. The highest BCUT2D eigenvalue weighted by atomic mass is 79.9. The molecule has 0 aliphatic rings. The number of para-hydroxylation sites is 1. The first-order valence-electron chi connectivity index (χ1n) is 10.2. The molecule has 0 heterocycles. The van der Waals surface area contributed by atoms with Crippen LogP contribution in [0.1, 0.15) is 23.6 Å². The zero-order chi connectivity index (χ0) is 21.2. The van der Waals surface area contributed by atoms with E-state index < -0.39 is 0 Å². The SMILES string of the molecule is CCOc1cc(CNCCc2ccccc2OC)c(Br)cc1OCc1ccccc1. The van der Waals surface area contributed by atoms with Crippen LogP contribution in [0.15, 0.2) is 71.2 Å². The molecule has 0 fully saturated rings. The van der Waals surface area contributed by atoms with Crippen LogP contribution in [0.25, 0.3) is 0 Å². The van der Waals surface area contributed by atoms with Crippen molar-refractivity contribution in [3.05, 3.63) is 87.9 Å². The van der Waals surface area contributed by atoms with Crippen molar-refractivity contribution < 1.29 is 14.2 Å². The minimum atomic E-state index is 0.504. The van der Waals surface area contributed by atoms with Crippen molar-refractivity contribution in [2.24, 2.45) is 0 Å². The van der Waals surface area contributed by atoms with Crippen LogP contribution in [-0.4, -0.2) is 20.3 Å². The average molecular weight is 470 g/mol. The van der Waals surface area contributed by atoms with E-state index >= 15 is 0 Å². The number of hydrogen-bond donors (Lipinski definition) is 1. The Hall–Kier alpha value is -2.50. The van der Waals surface area contributed by atoms with Crippen molar-refractivity contribution >= 4 is 15.9 Å². The van der Waals surface area contributed by atoms with Gasteiger partial charge in [0.25, 0.3) is 0 Å². The van der Waals surface area contributed by atoms with E-state index in [4.69, 9.17) is 14.2 Å². The van der Waals surface area contributed by atoms with Crippen molar-refractivity contribution in [3.63, 3.8) is 0 Å². The Kier molecular flexibility index (Phi) is 8.60. The fourth-order valence-corrected chi connectivity index (χ4v) is 3.65. The molecule has 3 aromatic carbocycles. The first-order valence-corrected chi connectivity index (χ1v) is 10.9. The second-order valence-electron chi connectivity index (χ2n) is 6.84. The smallest absolute Gasteiger partial charge is 0.162 e. The van der Waals surface area contributed by atoms with Gasteiger partial charge in [-0.25, -0.2) is 0 Å². The van der Waals surface area contributed by atoms with Gasteiger partial charge in [0.1, 0.15) is 12.4 Å². The second kappa shape index (κ2) is 11.6. The minimum absolute atomic E-state index is 0.504. The number of halogens is 1. The maximum Gasteiger partial charge on any atom is 0.162 e. The molecule has 3 aromatic rings.